The SMILES string of the molecule is CCCCCCCCCCCCC(C(=O)OC)S(=O)(=O)O.OCCNCCO. The first-order valence-corrected chi connectivity index (χ1v) is 11.8. The smallest absolute Gasteiger partial charge is 0.326 e. The number of hydrogen-bond acceptors (Lipinski definition) is 7. The van der Waals surface area contributed by atoms with E-state index in [4.69, 9.17) is 14.8 Å². The quantitative estimate of drug-likeness (QED) is 0.158. The third-order valence-corrected chi connectivity index (χ3v) is 5.37. The van der Waals surface area contributed by atoms with Gasteiger partial charge in [0.05, 0.1) is 20.3 Å². The molecule has 0 saturated carbocycles. The number of rotatable bonds is 17. The number of hydrogen-bond donors (Lipinski definition) is 4. The lowest BCUT2D eigenvalue weighted by Crippen LogP contribution is -2.30. The molecule has 0 aromatic rings. The van der Waals surface area contributed by atoms with E-state index in [1.165, 1.54) is 38.5 Å². The summed E-state index contributed by atoms with van der Waals surface area (Å²) in [5.41, 5.74) is 0. The van der Waals surface area contributed by atoms with Crippen LogP contribution >= 0.6 is 0 Å². The minimum absolute atomic E-state index is 0.127. The van der Waals surface area contributed by atoms with Gasteiger partial charge in [0.25, 0.3) is 10.1 Å². The predicted octanol–water partition coefficient (Wildman–Crippen LogP) is 2.29. The summed E-state index contributed by atoms with van der Waals surface area (Å²) in [7, 11) is -3.24. The molecular weight excluding hydrogens is 386 g/mol. The van der Waals surface area contributed by atoms with Crippen LogP contribution < -0.4 is 5.32 Å². The van der Waals surface area contributed by atoms with Crippen LogP contribution in [-0.2, 0) is 19.6 Å². The fraction of sp³-hybridized carbons (Fsp3) is 0.947. The molecule has 0 aliphatic carbocycles. The molecule has 4 N–H and O–H groups in total. The van der Waals surface area contributed by atoms with E-state index in [-0.39, 0.29) is 19.6 Å². The maximum atomic E-state index is 11.3. The normalized spacial score (nSPS) is 12.2. The molecule has 0 fully saturated rings. The number of aliphatic hydroxyl groups is 2. The highest BCUT2D eigenvalue weighted by Gasteiger charge is 2.31. The summed E-state index contributed by atoms with van der Waals surface area (Å²) < 4.78 is 35.6. The van der Waals surface area contributed by atoms with Gasteiger partial charge in [-0.1, -0.05) is 71.1 Å². The molecule has 0 aromatic heterocycles. The van der Waals surface area contributed by atoms with E-state index in [2.05, 4.69) is 17.0 Å². The third kappa shape index (κ3) is 20.0. The molecule has 0 rings (SSSR count). The van der Waals surface area contributed by atoms with Crippen LogP contribution in [0.3, 0.4) is 0 Å². The second-order valence-electron chi connectivity index (χ2n) is 6.69. The lowest BCUT2D eigenvalue weighted by atomic mass is 10.1. The fourth-order valence-corrected chi connectivity index (χ4v) is 3.42. The van der Waals surface area contributed by atoms with Crippen LogP contribution in [0.25, 0.3) is 0 Å². The number of carbonyl (C=O) groups is 1. The maximum Gasteiger partial charge on any atom is 0.326 e. The zero-order valence-corrected chi connectivity index (χ0v) is 18.4. The van der Waals surface area contributed by atoms with Crippen molar-refractivity contribution in [2.45, 2.75) is 82.8 Å². The van der Waals surface area contributed by atoms with Crippen molar-refractivity contribution in [3.8, 4) is 0 Å². The van der Waals surface area contributed by atoms with Crippen molar-refractivity contribution in [1.29, 1.82) is 0 Å². The zero-order valence-electron chi connectivity index (χ0n) is 17.6. The second-order valence-corrected chi connectivity index (χ2v) is 8.29. The maximum absolute atomic E-state index is 11.3. The van der Waals surface area contributed by atoms with Gasteiger partial charge in [-0.2, -0.15) is 8.42 Å². The van der Waals surface area contributed by atoms with Gasteiger partial charge in [-0.05, 0) is 6.42 Å². The van der Waals surface area contributed by atoms with Gasteiger partial charge in [0.1, 0.15) is 0 Å². The van der Waals surface area contributed by atoms with E-state index in [0.29, 0.717) is 19.5 Å². The predicted molar refractivity (Wildman–Crippen MR) is 111 cm³/mol. The van der Waals surface area contributed by atoms with Crippen molar-refractivity contribution < 1.29 is 32.7 Å². The molecule has 0 spiro atoms. The summed E-state index contributed by atoms with van der Waals surface area (Å²) in [6, 6.07) is 0. The van der Waals surface area contributed by atoms with Crippen molar-refractivity contribution >= 4 is 16.1 Å². The van der Waals surface area contributed by atoms with Gasteiger partial charge in [-0.15, -0.1) is 0 Å². The molecule has 0 saturated heterocycles. The molecule has 0 radical (unpaired) electrons. The molecule has 1 atom stereocenters. The van der Waals surface area contributed by atoms with Gasteiger partial charge in [-0.3, -0.25) is 9.35 Å². The molecule has 0 aromatic carbocycles. The first kappa shape index (κ1) is 29.5. The molecule has 28 heavy (non-hydrogen) atoms. The number of unbranched alkanes of at least 4 members (excludes halogenated alkanes) is 9. The highest BCUT2D eigenvalue weighted by atomic mass is 32.2. The molecule has 0 aliphatic rings. The van der Waals surface area contributed by atoms with Gasteiger partial charge < -0.3 is 20.3 Å². The molecule has 9 heteroatoms. The van der Waals surface area contributed by atoms with Crippen molar-refractivity contribution in [3.63, 3.8) is 0 Å². The van der Waals surface area contributed by atoms with E-state index in [1.807, 2.05) is 0 Å². The summed E-state index contributed by atoms with van der Waals surface area (Å²) >= 11 is 0. The number of nitrogens with one attached hydrogen (secondary N) is 1. The molecule has 8 nitrogen and oxygen atoms in total. The van der Waals surface area contributed by atoms with Crippen LogP contribution in [0.15, 0.2) is 0 Å². The Morgan fingerprint density at radius 3 is 1.68 bits per heavy atom. The highest BCUT2D eigenvalue weighted by molar-refractivity contribution is 7.87. The largest absolute Gasteiger partial charge is 0.468 e. The average Bonchev–Trinajstić information content (AvgIpc) is 2.65. The Labute approximate surface area is 170 Å². The Morgan fingerprint density at radius 1 is 0.893 bits per heavy atom. The highest BCUT2D eigenvalue weighted by Crippen LogP contribution is 2.15. The van der Waals surface area contributed by atoms with E-state index in [0.717, 1.165) is 26.4 Å². The Balaban J connectivity index is 0. The van der Waals surface area contributed by atoms with Crippen molar-refractivity contribution in [3.05, 3.63) is 0 Å². The number of methoxy groups -OCH3 is 1. The summed E-state index contributed by atoms with van der Waals surface area (Å²) in [6.07, 6.45) is 11.4. The van der Waals surface area contributed by atoms with Crippen LogP contribution in [0.2, 0.25) is 0 Å². The number of ether oxygens (including phenoxy) is 1. The molecular formula is C19H41NO7S. The van der Waals surface area contributed by atoms with Gasteiger partial charge >= 0.3 is 5.97 Å². The second kappa shape index (κ2) is 21.0. The average molecular weight is 428 g/mol. The van der Waals surface area contributed by atoms with Crippen LogP contribution in [0.1, 0.15) is 77.6 Å². The standard InChI is InChI=1S/C15H30O5S.C4H11NO2/c1-3-4-5-6-7-8-9-10-11-12-13-14(15(16)20-2)21(17,18)19;6-3-1-5-2-4-7/h14H,3-13H2,1-2H3,(H,17,18,19);5-7H,1-4H2. The van der Waals surface area contributed by atoms with E-state index in [1.54, 1.807) is 0 Å². The summed E-state index contributed by atoms with van der Waals surface area (Å²) in [5.74, 6) is -0.881. The minimum Gasteiger partial charge on any atom is -0.468 e. The molecule has 0 aliphatic heterocycles. The van der Waals surface area contributed by atoms with E-state index in [9.17, 15) is 13.2 Å². The van der Waals surface area contributed by atoms with Crippen molar-refractivity contribution in [2.24, 2.45) is 0 Å². The summed E-state index contributed by atoms with van der Waals surface area (Å²) in [6.45, 7) is 3.62. The Morgan fingerprint density at radius 2 is 1.32 bits per heavy atom. The van der Waals surface area contributed by atoms with Crippen molar-refractivity contribution in [2.75, 3.05) is 33.4 Å². The Hall–Kier alpha value is -0.740. The first-order chi connectivity index (χ1) is 13.3. The molecule has 0 bridgehead atoms. The topological polar surface area (TPSA) is 133 Å². The third-order valence-electron chi connectivity index (χ3n) is 4.22. The minimum atomic E-state index is -4.36. The fourth-order valence-electron chi connectivity index (χ4n) is 2.62. The lowest BCUT2D eigenvalue weighted by molar-refractivity contribution is -0.140. The summed E-state index contributed by atoms with van der Waals surface area (Å²) in [4.78, 5) is 11.3. The van der Waals surface area contributed by atoms with Gasteiger partial charge in [-0.25, -0.2) is 0 Å². The first-order valence-electron chi connectivity index (χ1n) is 10.3. The molecule has 0 heterocycles. The number of aliphatic hydroxyl groups excluding tert-OH is 2. The number of carbonyl (C=O) groups excluding carboxylic acids is 1. The summed E-state index contributed by atoms with van der Waals surface area (Å²) in [5, 5.41) is 17.6. The molecule has 0 amide bonds. The molecule has 1 unspecified atom stereocenters. The van der Waals surface area contributed by atoms with Crippen molar-refractivity contribution in [1.82, 2.24) is 5.32 Å². The van der Waals surface area contributed by atoms with Gasteiger partial charge in [0.2, 0.25) is 0 Å². The Bertz CT molecular complexity index is 440. The Kier molecular flexibility index (Phi) is 22.1. The zero-order chi connectivity index (χ0) is 21.7. The number of esters is 1. The van der Waals surface area contributed by atoms with E-state index < -0.39 is 21.3 Å². The molecule has 170 valence electrons. The van der Waals surface area contributed by atoms with Crippen LogP contribution in [-0.4, -0.2) is 67.8 Å². The van der Waals surface area contributed by atoms with Crippen LogP contribution in [0.5, 0.6) is 0 Å². The van der Waals surface area contributed by atoms with Gasteiger partial charge in [0.15, 0.2) is 5.25 Å². The van der Waals surface area contributed by atoms with Crippen LogP contribution in [0.4, 0.5) is 0 Å². The lowest BCUT2D eigenvalue weighted by Gasteiger charge is -2.11. The van der Waals surface area contributed by atoms with Crippen LogP contribution in [0, 0.1) is 0 Å². The monoisotopic (exact) mass is 427 g/mol. The van der Waals surface area contributed by atoms with E-state index >= 15 is 0 Å². The van der Waals surface area contributed by atoms with Gasteiger partial charge in [0, 0.05) is 13.1 Å².